The maximum Gasteiger partial charge on any atom is 0.416 e. The molecule has 1 amide bonds. The number of unbranched alkanes of at least 4 members (excludes halogenated alkanes) is 3. The van der Waals surface area contributed by atoms with Crippen LogP contribution in [0.3, 0.4) is 0 Å². The molecule has 0 aliphatic carbocycles. The maximum atomic E-state index is 13.7. The van der Waals surface area contributed by atoms with E-state index in [1.54, 1.807) is 56.0 Å². The van der Waals surface area contributed by atoms with Crippen molar-refractivity contribution >= 4 is 79.3 Å². The normalized spacial score (nSPS) is 13.7. The number of nitrogens with zero attached hydrogens (tertiary/aromatic N) is 6. The van der Waals surface area contributed by atoms with E-state index in [0.717, 1.165) is 60.8 Å². The fraction of sp³-hybridized carbons (Fsp3) is 0.449. The molecule has 113 heavy (non-hydrogen) atoms. The van der Waals surface area contributed by atoms with Crippen LogP contribution in [0.5, 0.6) is 11.5 Å². The second kappa shape index (κ2) is 48.3. The van der Waals surface area contributed by atoms with Crippen molar-refractivity contribution in [2.24, 2.45) is 39.9 Å². The summed E-state index contributed by atoms with van der Waals surface area (Å²) in [5.74, 6) is -3.87. The molecule has 2 aliphatic rings. The van der Waals surface area contributed by atoms with E-state index in [1.807, 2.05) is 11.5 Å². The van der Waals surface area contributed by atoms with E-state index in [0.29, 0.717) is 151 Å². The Morgan fingerprint density at radius 2 is 1.50 bits per heavy atom. The number of carboxylic acid groups (broad SMARTS) is 1. The minimum atomic E-state index is -4.33. The lowest BCUT2D eigenvalue weighted by Crippen LogP contribution is -2.41. The molecule has 4 heterocycles. The molecule has 5 aromatic carbocycles. The second-order valence-electron chi connectivity index (χ2n) is 26.1. The van der Waals surface area contributed by atoms with Crippen molar-refractivity contribution in [1.82, 2.24) is 30.0 Å². The highest BCUT2D eigenvalue weighted by Crippen LogP contribution is 2.42. The maximum absolute atomic E-state index is 13.7. The first kappa shape index (κ1) is 97.4. The molecular formula is C78H104ClF8N13O12S. The summed E-state index contributed by atoms with van der Waals surface area (Å²) in [5, 5.41) is 33.4. The van der Waals surface area contributed by atoms with Crippen molar-refractivity contribution in [2.75, 3.05) is 71.2 Å². The van der Waals surface area contributed by atoms with Crippen LogP contribution < -0.4 is 44.5 Å². The van der Waals surface area contributed by atoms with Crippen LogP contribution in [-0.2, 0) is 63.9 Å². The number of Topliss-reactive ketones (excluding diaryl/α,β-unsaturated/α-hetero) is 1. The van der Waals surface area contributed by atoms with Gasteiger partial charge in [0.25, 0.3) is 0 Å². The number of nitrogens with two attached hydrogens (primary N) is 6. The summed E-state index contributed by atoms with van der Waals surface area (Å²) in [6.45, 7) is 17.7. The Morgan fingerprint density at radius 3 is 2.08 bits per heavy atom. The number of aromatic nitrogens is 4. The van der Waals surface area contributed by atoms with Crippen LogP contribution in [0.1, 0.15) is 157 Å². The number of ether oxygens (including phenoxy) is 4. The van der Waals surface area contributed by atoms with Gasteiger partial charge in [-0.25, -0.2) is 32.5 Å². The van der Waals surface area contributed by atoms with Crippen molar-refractivity contribution in [2.45, 2.75) is 158 Å². The molecule has 0 saturated heterocycles. The van der Waals surface area contributed by atoms with Gasteiger partial charge in [0.15, 0.2) is 22.6 Å². The molecule has 0 radical (unpaired) electrons. The molecule has 9 rings (SSSR count). The lowest BCUT2D eigenvalue weighted by Gasteiger charge is -2.31. The number of halogens is 9. The fourth-order valence-corrected chi connectivity index (χ4v) is 12.3. The van der Waals surface area contributed by atoms with Crippen molar-refractivity contribution < 1.29 is 93.1 Å². The Bertz CT molecular complexity index is 4310. The predicted molar refractivity (Wildman–Crippen MR) is 419 cm³/mol. The number of hydrogen-bond donors (Lipinski definition) is 9. The van der Waals surface area contributed by atoms with Gasteiger partial charge in [-0.1, -0.05) is 106 Å². The third-order valence-electron chi connectivity index (χ3n) is 16.4. The van der Waals surface area contributed by atoms with Crippen molar-refractivity contribution in [3.63, 3.8) is 0 Å². The van der Waals surface area contributed by atoms with Gasteiger partial charge in [0.05, 0.1) is 77.7 Å². The SMILES string of the molecule is C.CC(=O)CC(CN)CC(C)C.CC(F)(F)Oc1ccc2nc(N)sc2c1.CCCCCC/C(=N/OCCN)c1ccc(C(F)(F)F)cc1.CCOC(=O)C1=C(COCCN)NC(C)=C(C(=O)OC)C1c1ccccc1Cl.Cc1nnc2n1CCN(C(=O)CC(N)Cc1cc(F)c(F)cc1F)C2.Nc1ccc(O)c(C(=O)O)c1. The summed E-state index contributed by atoms with van der Waals surface area (Å²) >= 11 is 7.66. The van der Waals surface area contributed by atoms with Crippen LogP contribution >= 0.6 is 22.9 Å². The zero-order chi connectivity index (χ0) is 83.6. The third-order valence-corrected chi connectivity index (χ3v) is 17.6. The minimum absolute atomic E-state index is 0. The summed E-state index contributed by atoms with van der Waals surface area (Å²) in [7, 11) is 1.29. The number of allylic oxidation sites excluding steroid dienone is 1. The quantitative estimate of drug-likeness (QED) is 0.00307. The van der Waals surface area contributed by atoms with Gasteiger partial charge in [-0.3, -0.25) is 4.79 Å². The van der Waals surface area contributed by atoms with Crippen LogP contribution in [0, 0.1) is 36.2 Å². The third kappa shape index (κ3) is 32.7. The molecule has 3 unspecified atom stereocenters. The van der Waals surface area contributed by atoms with E-state index in [-0.39, 0.29) is 73.4 Å². The lowest BCUT2D eigenvalue weighted by molar-refractivity contribution is -0.159. The molecule has 0 fully saturated rings. The molecule has 0 spiro atoms. The number of amides is 1. The standard InChI is InChI=1S/C20H25ClN2O5.C16H18F3N5O.C16H23F3N2O.C9H8F2N2OS.C9H19NO.C7H7NO3.CH4/c1-4-28-20(25)18-15(11-27-10-9-22)23-12(2)16(19(24)26-3)17(18)13-7-5-6-8-14(13)21;1-9-21-22-15-8-23(2-3-24(9)15)16(25)6-11(20)4-10-5-13(18)14(19)7-12(10)17;1-2-3-4-5-6-15(21-22-12-11-20)13-7-9-14(10-8-13)16(17,18)19;1-9(10,11)14-5-2-3-6-7(4-5)15-8(12)13-6;1-7(2)4-9(6-10)5-8(3)11;8-4-1-2-6(9)5(3-4)7(10)11;/h5-8,17,23H,4,9-11,22H2,1-3H3;5,7,11H,2-4,6,8,20H2,1H3;7-10H,2-6,11-12,20H2,1H3;2-4H,1H3,(H2,12,13);7,9H,4-6,10H2,1-3H3;1-3,9H,8H2,(H,10,11);1H4/b;;21-15-;;;;. The van der Waals surface area contributed by atoms with E-state index in [2.05, 4.69) is 51.2 Å². The number of aromatic carboxylic acids is 1. The van der Waals surface area contributed by atoms with E-state index in [9.17, 15) is 59.1 Å². The number of nitrogen functional groups attached to an aromatic ring is 2. The zero-order valence-electron chi connectivity index (χ0n) is 63.9. The number of carbonyl (C=O) groups excluding carboxylic acids is 4. The zero-order valence-corrected chi connectivity index (χ0v) is 65.5. The fourth-order valence-electron chi connectivity index (χ4n) is 11.3. The van der Waals surface area contributed by atoms with Crippen LogP contribution in [0.2, 0.25) is 5.02 Å². The van der Waals surface area contributed by atoms with E-state index in [1.165, 1.54) is 60.9 Å². The van der Waals surface area contributed by atoms with Gasteiger partial charge < -0.3 is 88.0 Å². The van der Waals surface area contributed by atoms with Crippen molar-refractivity contribution in [3.05, 3.63) is 182 Å². The molecule has 7 aromatic rings. The molecule has 0 bridgehead atoms. The first-order valence-electron chi connectivity index (χ1n) is 35.7. The van der Waals surface area contributed by atoms with Crippen LogP contribution in [0.4, 0.5) is 45.9 Å². The van der Waals surface area contributed by atoms with Gasteiger partial charge in [0.2, 0.25) is 5.91 Å². The number of rotatable bonds is 29. The number of carboxylic acids is 1. The summed E-state index contributed by atoms with van der Waals surface area (Å²) in [6.07, 6.45) is -0.950. The topological polar surface area (TPSA) is 399 Å². The average Bonchev–Trinajstić information content (AvgIpc) is 1.60. The summed E-state index contributed by atoms with van der Waals surface area (Å²) in [4.78, 5) is 69.7. The number of fused-ring (bicyclic) bond motifs is 2. The Morgan fingerprint density at radius 1 is 0.823 bits per heavy atom. The molecule has 2 aliphatic heterocycles. The number of aromatic hydroxyl groups is 1. The number of carbonyl (C=O) groups is 5. The Balaban J connectivity index is 0.000000362. The number of hydrogen-bond acceptors (Lipinski definition) is 23. The molecule has 2 aromatic heterocycles. The molecule has 0 saturated carbocycles. The number of oxime groups is 1. The summed E-state index contributed by atoms with van der Waals surface area (Å²) in [5.41, 5.74) is 36.7. The van der Waals surface area contributed by atoms with Gasteiger partial charge in [-0.15, -0.1) is 10.2 Å². The average molecular weight is 1640 g/mol. The highest BCUT2D eigenvalue weighted by atomic mass is 35.5. The Labute approximate surface area is 661 Å². The second-order valence-corrected chi connectivity index (χ2v) is 27.5. The number of esters is 2. The molecule has 622 valence electrons. The predicted octanol–water partition coefficient (Wildman–Crippen LogP) is 13.7. The van der Waals surface area contributed by atoms with Crippen molar-refractivity contribution in [1.29, 1.82) is 0 Å². The first-order valence-corrected chi connectivity index (χ1v) is 36.9. The number of methoxy groups -OCH3 is 1. The van der Waals surface area contributed by atoms with Gasteiger partial charge in [-0.05, 0) is 149 Å². The number of thiazole rings is 1. The number of anilines is 2. The van der Waals surface area contributed by atoms with E-state index < -0.39 is 65.2 Å². The number of benzene rings is 5. The largest absolute Gasteiger partial charge is 0.507 e. The van der Waals surface area contributed by atoms with Crippen LogP contribution in [-0.4, -0.2) is 142 Å². The highest BCUT2D eigenvalue weighted by Gasteiger charge is 2.40. The number of ketones is 1. The minimum Gasteiger partial charge on any atom is -0.507 e. The van der Waals surface area contributed by atoms with Crippen molar-refractivity contribution in [3.8, 4) is 11.5 Å². The number of aryl methyl sites for hydroxylation is 1. The first-order chi connectivity index (χ1) is 52.9. The number of nitrogens with one attached hydrogen (secondary N) is 1. The van der Waals surface area contributed by atoms with Crippen LogP contribution in [0.25, 0.3) is 10.2 Å². The summed E-state index contributed by atoms with van der Waals surface area (Å²) < 4.78 is 126. The van der Waals surface area contributed by atoms with E-state index >= 15 is 0 Å². The highest BCUT2D eigenvalue weighted by molar-refractivity contribution is 7.22. The van der Waals surface area contributed by atoms with Gasteiger partial charge >= 0.3 is 30.2 Å². The van der Waals surface area contributed by atoms with Gasteiger partial charge in [0.1, 0.15) is 41.1 Å². The molecular weight excluding hydrogens is 1530 g/mol. The Kier molecular flexibility index (Phi) is 41.6. The molecule has 3 atom stereocenters. The van der Waals surface area contributed by atoms with Gasteiger partial charge in [0, 0.05) is 74.5 Å². The molecule has 15 N–H and O–H groups in total. The van der Waals surface area contributed by atoms with E-state index in [4.69, 9.17) is 75.3 Å². The number of dihydropyridines is 1. The number of alkyl halides is 5. The lowest BCUT2D eigenvalue weighted by atomic mass is 9.80. The molecule has 25 nitrogen and oxygen atoms in total. The van der Waals surface area contributed by atoms with Gasteiger partial charge in [-0.2, -0.15) is 22.0 Å². The Hall–Kier alpha value is -9.84. The number of phenols is 1. The summed E-state index contributed by atoms with van der Waals surface area (Å²) in [6, 6.07) is 21.1. The van der Waals surface area contributed by atoms with Crippen LogP contribution in [0.15, 0.2) is 125 Å². The molecule has 35 heteroatoms. The smallest absolute Gasteiger partial charge is 0.416 e. The monoisotopic (exact) mass is 1630 g/mol.